The van der Waals surface area contributed by atoms with Gasteiger partial charge in [0.2, 0.25) is 0 Å². The summed E-state index contributed by atoms with van der Waals surface area (Å²) in [5, 5.41) is 15.2. The second kappa shape index (κ2) is 15.8. The number of aliphatic hydroxyl groups excluding tert-OH is 2. The molecule has 0 fully saturated rings. The second-order valence-corrected chi connectivity index (χ2v) is 0.447. The van der Waals surface area contributed by atoms with Crippen LogP contribution >= 0.6 is 0 Å². The molecular formula is C2H8Na2O2. The topological polar surface area (TPSA) is 40.5 Å². The van der Waals surface area contributed by atoms with Crippen LogP contribution in [0.25, 0.3) is 0 Å². The van der Waals surface area contributed by atoms with Crippen molar-refractivity contribution < 1.29 is 72.2 Å². The second-order valence-electron chi connectivity index (χ2n) is 0.447. The van der Waals surface area contributed by atoms with Crippen molar-refractivity contribution >= 4 is 0 Å². The summed E-state index contributed by atoms with van der Waals surface area (Å²) in [7, 11) is 0. The Morgan fingerprint density at radius 2 is 1.17 bits per heavy atom. The predicted octanol–water partition coefficient (Wildman–Crippen LogP) is -6.80. The van der Waals surface area contributed by atoms with Gasteiger partial charge in [0.1, 0.15) is 0 Å². The van der Waals surface area contributed by atoms with Gasteiger partial charge in [0.25, 0.3) is 0 Å². The van der Waals surface area contributed by atoms with E-state index in [1.807, 2.05) is 0 Å². The van der Waals surface area contributed by atoms with Gasteiger partial charge in [-0.05, 0) is 0 Å². The molecule has 0 radical (unpaired) electrons. The first kappa shape index (κ1) is 15.7. The van der Waals surface area contributed by atoms with E-state index in [4.69, 9.17) is 10.2 Å². The van der Waals surface area contributed by atoms with Gasteiger partial charge in [0.15, 0.2) is 0 Å². The average molecular weight is 110 g/mol. The van der Waals surface area contributed by atoms with E-state index in [0.717, 1.165) is 0 Å². The summed E-state index contributed by atoms with van der Waals surface area (Å²) in [5.74, 6) is 0. The Kier molecular flexibility index (Phi) is 41.2. The molecule has 30 valence electrons. The third-order valence-corrected chi connectivity index (χ3v) is 0.1000. The first-order chi connectivity index (χ1) is 1.91. The molecule has 0 aliphatic heterocycles. The molecular weight excluding hydrogens is 102 g/mol. The monoisotopic (exact) mass is 110 g/mol. The van der Waals surface area contributed by atoms with Gasteiger partial charge in [-0.2, -0.15) is 0 Å². The summed E-state index contributed by atoms with van der Waals surface area (Å²) in [6.07, 6.45) is 0. The van der Waals surface area contributed by atoms with Crippen LogP contribution in [-0.2, 0) is 0 Å². The van der Waals surface area contributed by atoms with Crippen molar-refractivity contribution in [1.29, 1.82) is 0 Å². The molecule has 0 aliphatic rings. The van der Waals surface area contributed by atoms with Crippen LogP contribution in [-0.4, -0.2) is 23.4 Å². The average Bonchev–Trinajstić information content (AvgIpc) is 1.37. The fourth-order valence-electron chi connectivity index (χ4n) is 0. The molecule has 2 nitrogen and oxygen atoms in total. The molecule has 0 spiro atoms. The molecule has 0 aromatic carbocycles. The van der Waals surface area contributed by atoms with E-state index in [9.17, 15) is 0 Å². The van der Waals surface area contributed by atoms with Crippen LogP contribution in [0.3, 0.4) is 0 Å². The maximum absolute atomic E-state index is 7.62. The fraction of sp³-hybridized carbons (Fsp3) is 1.00. The zero-order chi connectivity index (χ0) is 3.41. The van der Waals surface area contributed by atoms with Crippen LogP contribution in [0.5, 0.6) is 0 Å². The molecule has 0 rings (SSSR count). The SMILES string of the molecule is OCCO.[H-].[H-].[Na+].[Na+]. The van der Waals surface area contributed by atoms with Gasteiger partial charge in [-0.1, -0.05) is 0 Å². The molecule has 0 unspecified atom stereocenters. The Labute approximate surface area is 84.5 Å². The molecule has 6 heavy (non-hydrogen) atoms. The predicted molar refractivity (Wildman–Crippen MR) is 16.4 cm³/mol. The van der Waals surface area contributed by atoms with Crippen LogP contribution in [0.2, 0.25) is 0 Å². The van der Waals surface area contributed by atoms with E-state index in [2.05, 4.69) is 0 Å². The van der Waals surface area contributed by atoms with Crippen molar-refractivity contribution in [2.45, 2.75) is 0 Å². The summed E-state index contributed by atoms with van der Waals surface area (Å²) >= 11 is 0. The zero-order valence-electron chi connectivity index (χ0n) is 6.31. The standard InChI is InChI=1S/C2H6O2.2Na.2H/c3-1-2-4;;;;/h3-4H,1-2H2;;;;/q;2*+1;2*-1. The van der Waals surface area contributed by atoms with Crippen LogP contribution in [0.15, 0.2) is 0 Å². The summed E-state index contributed by atoms with van der Waals surface area (Å²) < 4.78 is 0. The summed E-state index contributed by atoms with van der Waals surface area (Å²) in [5.41, 5.74) is 0. The van der Waals surface area contributed by atoms with Gasteiger partial charge in [-0.3, -0.25) is 0 Å². The minimum Gasteiger partial charge on any atom is -1.00 e. The zero-order valence-corrected chi connectivity index (χ0v) is 8.31. The quantitative estimate of drug-likeness (QED) is 0.329. The number of rotatable bonds is 1. The van der Waals surface area contributed by atoms with Crippen LogP contribution in [0, 0.1) is 0 Å². The molecule has 0 saturated carbocycles. The van der Waals surface area contributed by atoms with Crippen molar-refractivity contribution in [3.63, 3.8) is 0 Å². The van der Waals surface area contributed by atoms with Gasteiger partial charge in [-0.15, -0.1) is 0 Å². The Balaban J connectivity index is -0.00000000750. The van der Waals surface area contributed by atoms with Crippen molar-refractivity contribution in [3.8, 4) is 0 Å². The smallest absolute Gasteiger partial charge is 1.00 e. The number of hydrogen-bond donors (Lipinski definition) is 2. The Hall–Kier alpha value is 1.92. The normalized spacial score (nSPS) is 5.00. The van der Waals surface area contributed by atoms with E-state index < -0.39 is 0 Å². The molecule has 0 bridgehead atoms. The molecule has 0 aromatic rings. The Bertz CT molecular complexity index is 18.0. The third kappa shape index (κ3) is 16.8. The van der Waals surface area contributed by atoms with Crippen molar-refractivity contribution in [2.24, 2.45) is 0 Å². The van der Waals surface area contributed by atoms with Crippen LogP contribution in [0.1, 0.15) is 2.85 Å². The van der Waals surface area contributed by atoms with Crippen molar-refractivity contribution in [2.75, 3.05) is 13.2 Å². The molecule has 0 saturated heterocycles. The minimum atomic E-state index is -0.125. The first-order valence-corrected chi connectivity index (χ1v) is 1.13. The van der Waals surface area contributed by atoms with Crippen molar-refractivity contribution in [1.82, 2.24) is 0 Å². The molecule has 0 aliphatic carbocycles. The van der Waals surface area contributed by atoms with Gasteiger partial charge in [-0.25, -0.2) is 0 Å². The molecule has 0 atom stereocenters. The maximum atomic E-state index is 7.62. The Morgan fingerprint density at radius 3 is 1.17 bits per heavy atom. The first-order valence-electron chi connectivity index (χ1n) is 1.13. The van der Waals surface area contributed by atoms with E-state index >= 15 is 0 Å². The third-order valence-electron chi connectivity index (χ3n) is 0.1000. The molecule has 2 N–H and O–H groups in total. The van der Waals surface area contributed by atoms with Gasteiger partial charge in [0, 0.05) is 0 Å². The van der Waals surface area contributed by atoms with E-state index in [0.29, 0.717) is 0 Å². The number of aliphatic hydroxyl groups is 2. The van der Waals surface area contributed by atoms with E-state index in [-0.39, 0.29) is 75.2 Å². The van der Waals surface area contributed by atoms with Gasteiger partial charge < -0.3 is 13.1 Å². The maximum Gasteiger partial charge on any atom is 1.00 e. The van der Waals surface area contributed by atoms with Gasteiger partial charge >= 0.3 is 59.1 Å². The molecule has 0 amide bonds. The molecule has 4 heteroatoms. The fourth-order valence-corrected chi connectivity index (χ4v) is 0. The summed E-state index contributed by atoms with van der Waals surface area (Å²) in [4.78, 5) is 0. The van der Waals surface area contributed by atoms with E-state index in [1.165, 1.54) is 0 Å². The molecule has 0 heterocycles. The number of hydrogen-bond acceptors (Lipinski definition) is 2. The molecule has 0 aromatic heterocycles. The minimum absolute atomic E-state index is 0. The van der Waals surface area contributed by atoms with Crippen molar-refractivity contribution in [3.05, 3.63) is 0 Å². The Morgan fingerprint density at radius 1 is 1.00 bits per heavy atom. The van der Waals surface area contributed by atoms with Crippen LogP contribution < -0.4 is 59.1 Å². The van der Waals surface area contributed by atoms with E-state index in [1.54, 1.807) is 0 Å². The summed E-state index contributed by atoms with van der Waals surface area (Å²) in [6.45, 7) is -0.250. The largest absolute Gasteiger partial charge is 1.00 e. The summed E-state index contributed by atoms with van der Waals surface area (Å²) in [6, 6.07) is 0. The van der Waals surface area contributed by atoms with Crippen LogP contribution in [0.4, 0.5) is 0 Å². The van der Waals surface area contributed by atoms with Gasteiger partial charge in [0.05, 0.1) is 13.2 Å².